The van der Waals surface area contributed by atoms with Crippen LogP contribution in [0.3, 0.4) is 0 Å². The molecule has 1 aromatic rings. The number of aromatic hydroxyl groups is 1. The molecule has 13 heavy (non-hydrogen) atoms. The van der Waals surface area contributed by atoms with Crippen molar-refractivity contribution in [3.8, 4) is 5.75 Å². The van der Waals surface area contributed by atoms with Gasteiger partial charge in [-0.2, -0.15) is 0 Å². The Morgan fingerprint density at radius 3 is 2.46 bits per heavy atom. The first kappa shape index (κ1) is 9.95. The van der Waals surface area contributed by atoms with Crippen LogP contribution in [-0.4, -0.2) is 16.3 Å². The minimum Gasteiger partial charge on any atom is -0.508 e. The van der Waals surface area contributed by atoms with Crippen molar-refractivity contribution in [3.05, 3.63) is 29.6 Å². The fourth-order valence-corrected chi connectivity index (χ4v) is 1.07. The Balaban J connectivity index is 3.01. The van der Waals surface area contributed by atoms with E-state index < -0.39 is 18.0 Å². The van der Waals surface area contributed by atoms with E-state index in [1.54, 1.807) is 6.92 Å². The lowest BCUT2D eigenvalue weighted by Crippen LogP contribution is -2.24. The summed E-state index contributed by atoms with van der Waals surface area (Å²) in [6.07, 6.45) is -0.957. The third-order valence-electron chi connectivity index (χ3n) is 1.74. The first-order valence-electron chi connectivity index (χ1n) is 3.94. The highest BCUT2D eigenvalue weighted by atomic mass is 19.1. The van der Waals surface area contributed by atoms with Crippen molar-refractivity contribution < 1.29 is 14.6 Å². The van der Waals surface area contributed by atoms with Crippen LogP contribution in [0.15, 0.2) is 18.2 Å². The maximum Gasteiger partial charge on any atom is 0.127 e. The van der Waals surface area contributed by atoms with Crippen molar-refractivity contribution in [1.29, 1.82) is 0 Å². The molecule has 1 rings (SSSR count). The van der Waals surface area contributed by atoms with Crippen LogP contribution in [0.2, 0.25) is 0 Å². The Kier molecular flexibility index (Phi) is 2.85. The molecule has 2 atom stereocenters. The van der Waals surface area contributed by atoms with E-state index in [4.69, 9.17) is 10.8 Å². The number of halogens is 1. The van der Waals surface area contributed by atoms with Gasteiger partial charge in [0.2, 0.25) is 0 Å². The Labute approximate surface area is 75.6 Å². The summed E-state index contributed by atoms with van der Waals surface area (Å²) >= 11 is 0. The standard InChI is InChI=1S/C9H12FNO2/c1-5(11)9(13)6-2-7(10)4-8(12)3-6/h2-5,9,12-13H,11H2,1H3. The molecule has 0 spiro atoms. The van der Waals surface area contributed by atoms with Crippen molar-refractivity contribution >= 4 is 0 Å². The van der Waals surface area contributed by atoms with Crippen molar-refractivity contribution in [3.63, 3.8) is 0 Å². The van der Waals surface area contributed by atoms with Gasteiger partial charge in [-0.15, -0.1) is 0 Å². The van der Waals surface area contributed by atoms with Crippen LogP contribution in [0.1, 0.15) is 18.6 Å². The number of hydrogen-bond acceptors (Lipinski definition) is 3. The van der Waals surface area contributed by atoms with Gasteiger partial charge in [-0.25, -0.2) is 4.39 Å². The number of aliphatic hydroxyl groups excluding tert-OH is 1. The highest BCUT2D eigenvalue weighted by molar-refractivity contribution is 5.30. The normalized spacial score (nSPS) is 15.4. The van der Waals surface area contributed by atoms with Crippen LogP contribution in [0.25, 0.3) is 0 Å². The molecular weight excluding hydrogens is 173 g/mol. The van der Waals surface area contributed by atoms with E-state index in [1.165, 1.54) is 6.07 Å². The van der Waals surface area contributed by atoms with E-state index in [-0.39, 0.29) is 11.3 Å². The first-order valence-corrected chi connectivity index (χ1v) is 3.94. The minimum atomic E-state index is -0.957. The van der Waals surface area contributed by atoms with Gasteiger partial charge in [-0.05, 0) is 24.6 Å². The third-order valence-corrected chi connectivity index (χ3v) is 1.74. The van der Waals surface area contributed by atoms with Crippen LogP contribution < -0.4 is 5.73 Å². The molecule has 0 aliphatic heterocycles. The van der Waals surface area contributed by atoms with Crippen LogP contribution in [0.4, 0.5) is 4.39 Å². The van der Waals surface area contributed by atoms with Gasteiger partial charge >= 0.3 is 0 Å². The van der Waals surface area contributed by atoms with Crippen molar-refractivity contribution in [2.24, 2.45) is 5.73 Å². The van der Waals surface area contributed by atoms with Gasteiger partial charge in [0, 0.05) is 12.1 Å². The average Bonchev–Trinajstić information content (AvgIpc) is 2.01. The first-order chi connectivity index (χ1) is 6.00. The van der Waals surface area contributed by atoms with Gasteiger partial charge in [0.25, 0.3) is 0 Å². The molecule has 2 unspecified atom stereocenters. The van der Waals surface area contributed by atoms with Crippen LogP contribution in [0.5, 0.6) is 5.75 Å². The van der Waals surface area contributed by atoms with Crippen molar-refractivity contribution in [2.75, 3.05) is 0 Å². The van der Waals surface area contributed by atoms with Gasteiger partial charge in [0.05, 0.1) is 6.10 Å². The molecule has 0 aliphatic carbocycles. The summed E-state index contributed by atoms with van der Waals surface area (Å²) in [5, 5.41) is 18.5. The fraction of sp³-hybridized carbons (Fsp3) is 0.333. The second-order valence-corrected chi connectivity index (χ2v) is 3.05. The lowest BCUT2D eigenvalue weighted by molar-refractivity contribution is 0.152. The van der Waals surface area contributed by atoms with Gasteiger partial charge in [-0.1, -0.05) is 0 Å². The van der Waals surface area contributed by atoms with Crippen molar-refractivity contribution in [2.45, 2.75) is 19.1 Å². The number of rotatable bonds is 2. The van der Waals surface area contributed by atoms with E-state index in [9.17, 15) is 9.50 Å². The number of phenols is 1. The lowest BCUT2D eigenvalue weighted by atomic mass is 10.0. The summed E-state index contributed by atoms with van der Waals surface area (Å²) in [7, 11) is 0. The van der Waals surface area contributed by atoms with Gasteiger partial charge in [-0.3, -0.25) is 0 Å². The summed E-state index contributed by atoms with van der Waals surface area (Å²) in [5.41, 5.74) is 5.70. The lowest BCUT2D eigenvalue weighted by Gasteiger charge is -2.14. The SMILES string of the molecule is CC(N)C(O)c1cc(O)cc(F)c1. The molecule has 4 N–H and O–H groups in total. The van der Waals surface area contributed by atoms with Crippen molar-refractivity contribution in [1.82, 2.24) is 0 Å². The van der Waals surface area contributed by atoms with Crippen LogP contribution in [0, 0.1) is 5.82 Å². The van der Waals surface area contributed by atoms with Crippen LogP contribution >= 0.6 is 0 Å². The van der Waals surface area contributed by atoms with E-state index in [1.807, 2.05) is 0 Å². The fourth-order valence-electron chi connectivity index (χ4n) is 1.07. The second kappa shape index (κ2) is 3.72. The molecule has 1 aromatic carbocycles. The topological polar surface area (TPSA) is 66.5 Å². The minimum absolute atomic E-state index is 0.213. The largest absolute Gasteiger partial charge is 0.508 e. The Morgan fingerprint density at radius 2 is 2.00 bits per heavy atom. The molecule has 0 fully saturated rings. The average molecular weight is 185 g/mol. The molecule has 3 nitrogen and oxygen atoms in total. The summed E-state index contributed by atoms with van der Waals surface area (Å²) in [5.74, 6) is -0.801. The molecule has 0 aromatic heterocycles. The number of nitrogens with two attached hydrogens (primary N) is 1. The second-order valence-electron chi connectivity index (χ2n) is 3.05. The predicted molar refractivity (Wildman–Crippen MR) is 46.7 cm³/mol. The maximum absolute atomic E-state index is 12.7. The Morgan fingerprint density at radius 1 is 1.38 bits per heavy atom. The van der Waals surface area contributed by atoms with Crippen LogP contribution in [-0.2, 0) is 0 Å². The van der Waals surface area contributed by atoms with Gasteiger partial charge in [0.15, 0.2) is 0 Å². The molecular formula is C9H12FNO2. The van der Waals surface area contributed by atoms with E-state index in [0.717, 1.165) is 12.1 Å². The summed E-state index contributed by atoms with van der Waals surface area (Å²) in [6, 6.07) is 2.91. The summed E-state index contributed by atoms with van der Waals surface area (Å²) in [4.78, 5) is 0. The number of aliphatic hydroxyl groups is 1. The third kappa shape index (κ3) is 2.40. The zero-order chi connectivity index (χ0) is 10.0. The zero-order valence-corrected chi connectivity index (χ0v) is 7.24. The molecule has 0 saturated carbocycles. The summed E-state index contributed by atoms with van der Waals surface area (Å²) in [6.45, 7) is 1.60. The van der Waals surface area contributed by atoms with E-state index >= 15 is 0 Å². The van der Waals surface area contributed by atoms with Gasteiger partial charge < -0.3 is 15.9 Å². The molecule has 4 heteroatoms. The molecule has 0 saturated heterocycles. The maximum atomic E-state index is 12.7. The zero-order valence-electron chi connectivity index (χ0n) is 7.24. The molecule has 0 aliphatic rings. The highest BCUT2D eigenvalue weighted by Crippen LogP contribution is 2.21. The molecule has 0 amide bonds. The van der Waals surface area contributed by atoms with E-state index in [2.05, 4.69) is 0 Å². The Bertz CT molecular complexity index is 281. The molecule has 0 radical (unpaired) electrons. The number of hydrogen-bond donors (Lipinski definition) is 3. The molecule has 72 valence electrons. The molecule has 0 heterocycles. The van der Waals surface area contributed by atoms with E-state index in [0.29, 0.717) is 0 Å². The number of benzene rings is 1. The van der Waals surface area contributed by atoms with Gasteiger partial charge in [0.1, 0.15) is 11.6 Å². The predicted octanol–water partition coefficient (Wildman–Crippen LogP) is 0.912. The smallest absolute Gasteiger partial charge is 0.127 e. The molecule has 0 bridgehead atoms. The monoisotopic (exact) mass is 185 g/mol. The Hall–Kier alpha value is -1.13. The quantitative estimate of drug-likeness (QED) is 0.641. The summed E-state index contributed by atoms with van der Waals surface area (Å²) < 4.78 is 12.7. The highest BCUT2D eigenvalue weighted by Gasteiger charge is 2.13. The number of phenolic OH excluding ortho intramolecular Hbond substituents is 1.